The Morgan fingerprint density at radius 3 is 2.44 bits per heavy atom. The number of H-pyrrole nitrogens is 1. The number of halogens is 3. The molecule has 96 valence electrons. The highest BCUT2D eigenvalue weighted by atomic mass is 32.2. The van der Waals surface area contributed by atoms with Crippen LogP contribution in [0.1, 0.15) is 0 Å². The summed E-state index contributed by atoms with van der Waals surface area (Å²) in [4.78, 5) is 3.85. The van der Waals surface area contributed by atoms with Gasteiger partial charge in [0.15, 0.2) is 5.03 Å². The average molecular weight is 277 g/mol. The molecule has 18 heavy (non-hydrogen) atoms. The summed E-state index contributed by atoms with van der Waals surface area (Å²) in [5.74, 6) is 0. The molecule has 0 saturated heterocycles. The largest absolute Gasteiger partial charge is 0.503 e. The molecule has 2 heterocycles. The maximum Gasteiger partial charge on any atom is 0.503 e. The minimum atomic E-state index is -5.41. The van der Waals surface area contributed by atoms with Gasteiger partial charge in [0.25, 0.3) is 9.84 Å². The van der Waals surface area contributed by atoms with Crippen molar-refractivity contribution in [1.29, 1.82) is 0 Å². The second kappa shape index (κ2) is 4.09. The van der Waals surface area contributed by atoms with Crippen LogP contribution in [0.15, 0.2) is 35.5 Å². The molecule has 0 atom stereocenters. The van der Waals surface area contributed by atoms with Crippen LogP contribution in [0.25, 0.3) is 11.4 Å². The van der Waals surface area contributed by atoms with Crippen molar-refractivity contribution >= 4 is 9.84 Å². The van der Waals surface area contributed by atoms with Crippen molar-refractivity contribution in [2.75, 3.05) is 0 Å². The quantitative estimate of drug-likeness (QED) is 0.907. The van der Waals surface area contributed by atoms with Crippen LogP contribution >= 0.6 is 0 Å². The Morgan fingerprint density at radius 2 is 1.89 bits per heavy atom. The first-order chi connectivity index (χ1) is 8.32. The third-order valence-electron chi connectivity index (χ3n) is 2.08. The topological polar surface area (TPSA) is 75.7 Å². The number of nitrogens with zero attached hydrogens (tertiary/aromatic N) is 2. The Balaban J connectivity index is 2.45. The van der Waals surface area contributed by atoms with Crippen LogP contribution in [-0.2, 0) is 9.84 Å². The maximum absolute atomic E-state index is 12.3. The van der Waals surface area contributed by atoms with E-state index in [1.54, 1.807) is 12.1 Å². The summed E-state index contributed by atoms with van der Waals surface area (Å²) >= 11 is 0. The Hall–Kier alpha value is -1.90. The van der Waals surface area contributed by atoms with Crippen molar-refractivity contribution in [2.45, 2.75) is 10.5 Å². The van der Waals surface area contributed by atoms with Crippen molar-refractivity contribution in [3.05, 3.63) is 30.5 Å². The summed E-state index contributed by atoms with van der Waals surface area (Å²) < 4.78 is 59.0. The molecule has 0 aliphatic heterocycles. The minimum absolute atomic E-state index is 0.0263. The summed E-state index contributed by atoms with van der Waals surface area (Å²) in [6.45, 7) is 0. The predicted octanol–water partition coefficient (Wildman–Crippen LogP) is 1.77. The molecule has 0 fully saturated rings. The van der Waals surface area contributed by atoms with Gasteiger partial charge in [-0.25, -0.2) is 8.42 Å². The van der Waals surface area contributed by atoms with Gasteiger partial charge in [-0.3, -0.25) is 10.1 Å². The number of aromatic nitrogens is 3. The molecule has 0 aliphatic carbocycles. The molecule has 5 nitrogen and oxygen atoms in total. The summed E-state index contributed by atoms with van der Waals surface area (Å²) in [6.07, 6.45) is 1.42. The van der Waals surface area contributed by atoms with Gasteiger partial charge < -0.3 is 0 Å². The molecule has 2 rings (SSSR count). The monoisotopic (exact) mass is 277 g/mol. The van der Waals surface area contributed by atoms with Crippen LogP contribution in [0.5, 0.6) is 0 Å². The smallest absolute Gasteiger partial charge is 0.266 e. The van der Waals surface area contributed by atoms with E-state index >= 15 is 0 Å². The zero-order valence-corrected chi connectivity index (χ0v) is 9.46. The highest BCUT2D eigenvalue weighted by Gasteiger charge is 2.48. The van der Waals surface area contributed by atoms with Crippen molar-refractivity contribution in [1.82, 2.24) is 15.2 Å². The van der Waals surface area contributed by atoms with E-state index in [0.717, 1.165) is 6.07 Å². The van der Waals surface area contributed by atoms with Gasteiger partial charge in [0.1, 0.15) is 5.69 Å². The van der Waals surface area contributed by atoms with Crippen molar-refractivity contribution in [3.63, 3.8) is 0 Å². The molecule has 2 aromatic heterocycles. The lowest BCUT2D eigenvalue weighted by atomic mass is 10.3. The Kier molecular flexibility index (Phi) is 2.85. The van der Waals surface area contributed by atoms with Crippen LogP contribution in [0.3, 0.4) is 0 Å². The van der Waals surface area contributed by atoms with Gasteiger partial charge in [-0.05, 0) is 12.1 Å². The van der Waals surface area contributed by atoms with E-state index in [4.69, 9.17) is 0 Å². The number of nitrogens with one attached hydrogen (secondary N) is 1. The van der Waals surface area contributed by atoms with Gasteiger partial charge in [-0.1, -0.05) is 6.07 Å². The van der Waals surface area contributed by atoms with Gasteiger partial charge in [-0.2, -0.15) is 18.3 Å². The summed E-state index contributed by atoms with van der Waals surface area (Å²) in [7, 11) is -5.41. The number of pyridine rings is 1. The van der Waals surface area contributed by atoms with Crippen molar-refractivity contribution in [3.8, 4) is 11.4 Å². The fourth-order valence-corrected chi connectivity index (χ4v) is 1.89. The molecule has 0 bridgehead atoms. The third-order valence-corrected chi connectivity index (χ3v) is 3.47. The Bertz CT molecular complexity index is 649. The maximum atomic E-state index is 12.3. The standard InChI is InChI=1S/C9H6F3N3O2S/c10-9(11,12)18(16,17)8-5-7(14-15-8)6-3-1-2-4-13-6/h1-5H,(H,14,15). The van der Waals surface area contributed by atoms with Gasteiger partial charge >= 0.3 is 5.51 Å². The van der Waals surface area contributed by atoms with Crippen LogP contribution in [0, 0.1) is 0 Å². The van der Waals surface area contributed by atoms with Gasteiger partial charge in [0.2, 0.25) is 0 Å². The molecule has 0 amide bonds. The molecule has 0 aromatic carbocycles. The number of sulfone groups is 1. The molecule has 0 aliphatic rings. The first-order valence-corrected chi connectivity index (χ1v) is 6.09. The van der Waals surface area contributed by atoms with Crippen molar-refractivity contribution < 1.29 is 21.6 Å². The first-order valence-electron chi connectivity index (χ1n) is 4.60. The molecule has 0 radical (unpaired) electrons. The third kappa shape index (κ3) is 2.08. The second-order valence-electron chi connectivity index (χ2n) is 3.28. The highest BCUT2D eigenvalue weighted by molar-refractivity contribution is 7.92. The molecule has 0 saturated carbocycles. The minimum Gasteiger partial charge on any atom is -0.266 e. The van der Waals surface area contributed by atoms with Crippen molar-refractivity contribution in [2.24, 2.45) is 0 Å². The second-order valence-corrected chi connectivity index (χ2v) is 5.19. The van der Waals surface area contributed by atoms with Gasteiger partial charge in [0.05, 0.1) is 5.69 Å². The highest BCUT2D eigenvalue weighted by Crippen LogP contribution is 2.30. The van der Waals surface area contributed by atoms with E-state index in [1.807, 2.05) is 5.10 Å². The van der Waals surface area contributed by atoms with E-state index in [1.165, 1.54) is 12.3 Å². The molecule has 0 unspecified atom stereocenters. The first kappa shape index (κ1) is 12.6. The van der Waals surface area contributed by atoms with Gasteiger partial charge in [-0.15, -0.1) is 0 Å². The lowest BCUT2D eigenvalue weighted by Gasteiger charge is -2.04. The zero-order chi connectivity index (χ0) is 13.4. The number of hydrogen-bond donors (Lipinski definition) is 1. The molecular weight excluding hydrogens is 271 g/mol. The Labute approximate surface area is 99.6 Å². The van der Waals surface area contributed by atoms with Crippen LogP contribution in [0.4, 0.5) is 13.2 Å². The zero-order valence-electron chi connectivity index (χ0n) is 8.64. The Morgan fingerprint density at radius 1 is 1.17 bits per heavy atom. The summed E-state index contributed by atoms with van der Waals surface area (Å²) in [6, 6.07) is 5.52. The molecule has 0 spiro atoms. The summed E-state index contributed by atoms with van der Waals surface area (Å²) in [5.41, 5.74) is -5.06. The molecule has 1 N–H and O–H groups in total. The number of aromatic amines is 1. The van der Waals surface area contributed by atoms with E-state index in [2.05, 4.69) is 10.1 Å². The number of alkyl halides is 3. The molecule has 9 heteroatoms. The van der Waals surface area contributed by atoms with E-state index in [0.29, 0.717) is 0 Å². The van der Waals surface area contributed by atoms with Crippen LogP contribution < -0.4 is 0 Å². The fraction of sp³-hybridized carbons (Fsp3) is 0.111. The normalized spacial score (nSPS) is 12.6. The lowest BCUT2D eigenvalue weighted by Crippen LogP contribution is -2.23. The fourth-order valence-electron chi connectivity index (χ4n) is 1.21. The predicted molar refractivity (Wildman–Crippen MR) is 55.1 cm³/mol. The number of hydrogen-bond acceptors (Lipinski definition) is 4. The average Bonchev–Trinajstić information content (AvgIpc) is 2.78. The lowest BCUT2D eigenvalue weighted by molar-refractivity contribution is -0.0438. The molecular formula is C9H6F3N3O2S. The van der Waals surface area contributed by atoms with E-state index in [-0.39, 0.29) is 11.4 Å². The van der Waals surface area contributed by atoms with E-state index in [9.17, 15) is 21.6 Å². The SMILES string of the molecule is O=S(=O)(c1cc(-c2ccccn2)n[nH]1)C(F)(F)F. The van der Waals surface area contributed by atoms with Crippen LogP contribution in [0.2, 0.25) is 0 Å². The summed E-state index contributed by atoms with van der Waals surface area (Å²) in [5, 5.41) is 4.35. The van der Waals surface area contributed by atoms with Gasteiger partial charge in [0, 0.05) is 12.3 Å². The van der Waals surface area contributed by atoms with E-state index < -0.39 is 20.4 Å². The molecule has 2 aromatic rings. The van der Waals surface area contributed by atoms with Crippen LogP contribution in [-0.4, -0.2) is 29.1 Å². The number of rotatable bonds is 2.